The average molecular weight is 344 g/mol. The molecule has 0 aliphatic rings. The smallest absolute Gasteiger partial charge is 0.174 e. The van der Waals surface area contributed by atoms with Crippen LogP contribution >= 0.6 is 15.9 Å². The first-order valence-corrected chi connectivity index (χ1v) is 6.95. The van der Waals surface area contributed by atoms with E-state index in [1.807, 2.05) is 6.92 Å². The zero-order valence-corrected chi connectivity index (χ0v) is 13.3. The van der Waals surface area contributed by atoms with Gasteiger partial charge in [-0.05, 0) is 40.5 Å². The Hall–Kier alpha value is -1.29. The third kappa shape index (κ3) is 3.85. The van der Waals surface area contributed by atoms with Crippen molar-refractivity contribution in [3.05, 3.63) is 22.2 Å². The van der Waals surface area contributed by atoms with Gasteiger partial charge < -0.3 is 19.3 Å². The fourth-order valence-corrected chi connectivity index (χ4v) is 2.50. The Morgan fingerprint density at radius 2 is 2.10 bits per heavy atom. The molecule has 1 rings (SSSR count). The summed E-state index contributed by atoms with van der Waals surface area (Å²) in [6.07, 6.45) is -0.903. The maximum atomic E-state index is 9.97. The average Bonchev–Trinajstić information content (AvgIpc) is 2.40. The van der Waals surface area contributed by atoms with Crippen molar-refractivity contribution in [3.63, 3.8) is 0 Å². The molecule has 0 spiro atoms. The molecule has 0 bridgehead atoms. The van der Waals surface area contributed by atoms with Crippen LogP contribution in [-0.4, -0.2) is 38.6 Å². The van der Waals surface area contributed by atoms with Gasteiger partial charge in [-0.25, -0.2) is 0 Å². The molecule has 2 unspecified atom stereocenters. The molecular formula is C14H18BrNO4. The van der Waals surface area contributed by atoms with Gasteiger partial charge in [-0.15, -0.1) is 0 Å². The van der Waals surface area contributed by atoms with Crippen LogP contribution in [0.5, 0.6) is 11.5 Å². The molecule has 0 saturated heterocycles. The molecule has 0 aliphatic heterocycles. The molecule has 0 aliphatic carbocycles. The Bertz CT molecular complexity index is 487. The summed E-state index contributed by atoms with van der Waals surface area (Å²) in [6.45, 7) is 2.43. The van der Waals surface area contributed by atoms with Gasteiger partial charge in [0.05, 0.1) is 42.9 Å². The van der Waals surface area contributed by atoms with Crippen molar-refractivity contribution in [1.29, 1.82) is 5.26 Å². The lowest BCUT2D eigenvalue weighted by Crippen LogP contribution is -2.22. The molecule has 1 N–H and O–H groups in total. The maximum Gasteiger partial charge on any atom is 0.174 e. The van der Waals surface area contributed by atoms with Gasteiger partial charge >= 0.3 is 0 Å². The number of hydrogen-bond donors (Lipinski definition) is 1. The number of benzene rings is 1. The van der Waals surface area contributed by atoms with Crippen LogP contribution in [0.1, 0.15) is 18.4 Å². The fraction of sp³-hybridized carbons (Fsp3) is 0.500. The zero-order valence-electron chi connectivity index (χ0n) is 11.7. The van der Waals surface area contributed by atoms with E-state index >= 15 is 0 Å². The van der Waals surface area contributed by atoms with Crippen LogP contribution < -0.4 is 9.47 Å². The second-order valence-corrected chi connectivity index (χ2v) is 4.95. The van der Waals surface area contributed by atoms with Crippen molar-refractivity contribution >= 4 is 15.9 Å². The highest BCUT2D eigenvalue weighted by molar-refractivity contribution is 9.10. The largest absolute Gasteiger partial charge is 0.492 e. The number of aliphatic hydroxyl groups excluding tert-OH is 1. The lowest BCUT2D eigenvalue weighted by Gasteiger charge is -2.19. The lowest BCUT2D eigenvalue weighted by molar-refractivity contribution is 0.0571. The molecule has 1 aromatic rings. The van der Waals surface area contributed by atoms with Crippen LogP contribution in [0, 0.1) is 11.3 Å². The van der Waals surface area contributed by atoms with Gasteiger partial charge in [-0.2, -0.15) is 5.26 Å². The highest BCUT2D eigenvalue weighted by Gasteiger charge is 2.23. The van der Waals surface area contributed by atoms with Gasteiger partial charge in [0.15, 0.2) is 11.5 Å². The third-order valence-corrected chi connectivity index (χ3v) is 3.35. The second-order valence-electron chi connectivity index (χ2n) is 4.10. The van der Waals surface area contributed by atoms with Crippen molar-refractivity contribution in [2.24, 2.45) is 0 Å². The molecule has 5 nitrogen and oxygen atoms in total. The van der Waals surface area contributed by atoms with E-state index in [1.54, 1.807) is 19.2 Å². The zero-order chi connectivity index (χ0) is 15.1. The number of rotatable bonds is 7. The van der Waals surface area contributed by atoms with Crippen molar-refractivity contribution < 1.29 is 19.3 Å². The summed E-state index contributed by atoms with van der Waals surface area (Å²) >= 11 is 3.39. The predicted octanol–water partition coefficient (Wildman–Crippen LogP) is 2.47. The van der Waals surface area contributed by atoms with E-state index in [9.17, 15) is 10.4 Å². The Morgan fingerprint density at radius 1 is 1.40 bits per heavy atom. The summed E-state index contributed by atoms with van der Waals surface area (Å²) in [5.41, 5.74) is 0.646. The summed E-state index contributed by atoms with van der Waals surface area (Å²) in [5.74, 6) is 0.397. The van der Waals surface area contributed by atoms with E-state index in [4.69, 9.17) is 14.2 Å². The first-order valence-electron chi connectivity index (χ1n) is 6.15. The van der Waals surface area contributed by atoms with E-state index in [1.165, 1.54) is 7.11 Å². The fourth-order valence-electron chi connectivity index (χ4n) is 1.88. The molecule has 2 atom stereocenters. The van der Waals surface area contributed by atoms with Crippen LogP contribution in [-0.2, 0) is 4.74 Å². The van der Waals surface area contributed by atoms with Crippen LogP contribution in [0.25, 0.3) is 0 Å². The molecule has 0 saturated carbocycles. The van der Waals surface area contributed by atoms with Crippen molar-refractivity contribution in [2.75, 3.05) is 27.4 Å². The number of aliphatic hydroxyl groups is 1. The van der Waals surface area contributed by atoms with Gasteiger partial charge in [-0.3, -0.25) is 0 Å². The normalized spacial score (nSPS) is 13.4. The van der Waals surface area contributed by atoms with Crippen LogP contribution in [0.4, 0.5) is 0 Å². The summed E-state index contributed by atoms with van der Waals surface area (Å²) < 4.78 is 16.3. The Balaban J connectivity index is 3.20. The summed E-state index contributed by atoms with van der Waals surface area (Å²) in [6, 6.07) is 5.54. The Kier molecular flexibility index (Phi) is 6.79. The topological polar surface area (TPSA) is 71.7 Å². The molecule has 20 heavy (non-hydrogen) atoms. The SMILES string of the molecule is CCOc1cc(C(C#N)C(O)COC)cc(Br)c1OC. The standard InChI is InChI=1S/C14H18BrNO4/c1-4-20-13-6-9(5-11(15)14(13)19-3)10(7-16)12(17)8-18-2/h5-6,10,12,17H,4,8H2,1-3H3. The highest BCUT2D eigenvalue weighted by atomic mass is 79.9. The first-order chi connectivity index (χ1) is 9.58. The lowest BCUT2D eigenvalue weighted by atomic mass is 9.95. The molecular weight excluding hydrogens is 326 g/mol. The molecule has 0 heterocycles. The Morgan fingerprint density at radius 3 is 2.60 bits per heavy atom. The van der Waals surface area contributed by atoms with E-state index in [2.05, 4.69) is 22.0 Å². The van der Waals surface area contributed by atoms with E-state index in [0.717, 1.165) is 0 Å². The van der Waals surface area contributed by atoms with Crippen LogP contribution in [0.3, 0.4) is 0 Å². The minimum atomic E-state index is -0.903. The van der Waals surface area contributed by atoms with Crippen molar-refractivity contribution in [3.8, 4) is 17.6 Å². The number of halogens is 1. The van der Waals surface area contributed by atoms with Gasteiger partial charge in [0, 0.05) is 7.11 Å². The van der Waals surface area contributed by atoms with E-state index in [0.29, 0.717) is 28.1 Å². The van der Waals surface area contributed by atoms with Crippen molar-refractivity contribution in [1.82, 2.24) is 0 Å². The molecule has 0 radical (unpaired) electrons. The van der Waals surface area contributed by atoms with E-state index < -0.39 is 12.0 Å². The predicted molar refractivity (Wildman–Crippen MR) is 78.1 cm³/mol. The summed E-state index contributed by atoms with van der Waals surface area (Å²) in [4.78, 5) is 0. The van der Waals surface area contributed by atoms with Gasteiger partial charge in [0.1, 0.15) is 0 Å². The van der Waals surface area contributed by atoms with Crippen LogP contribution in [0.2, 0.25) is 0 Å². The second kappa shape index (κ2) is 8.10. The number of ether oxygens (including phenoxy) is 3. The first kappa shape index (κ1) is 16.8. The van der Waals surface area contributed by atoms with Crippen molar-refractivity contribution in [2.45, 2.75) is 18.9 Å². The molecule has 0 aromatic heterocycles. The van der Waals surface area contributed by atoms with Gasteiger partial charge in [0.2, 0.25) is 0 Å². The molecule has 6 heteroatoms. The van der Waals surface area contributed by atoms with Gasteiger partial charge in [0.25, 0.3) is 0 Å². The molecule has 1 aromatic carbocycles. The molecule has 0 amide bonds. The summed E-state index contributed by atoms with van der Waals surface area (Å²) in [7, 11) is 3.02. The third-order valence-electron chi connectivity index (χ3n) is 2.76. The number of nitrogens with zero attached hydrogens (tertiary/aromatic N) is 1. The summed E-state index contributed by atoms with van der Waals surface area (Å²) in [5, 5.41) is 19.2. The highest BCUT2D eigenvalue weighted by Crippen LogP contribution is 2.39. The van der Waals surface area contributed by atoms with Crippen LogP contribution in [0.15, 0.2) is 16.6 Å². The maximum absolute atomic E-state index is 9.97. The minimum Gasteiger partial charge on any atom is -0.492 e. The number of methoxy groups -OCH3 is 2. The molecule has 0 fully saturated rings. The number of nitriles is 1. The minimum absolute atomic E-state index is 0.0891. The Labute approximate surface area is 127 Å². The van der Waals surface area contributed by atoms with Gasteiger partial charge in [-0.1, -0.05) is 0 Å². The quantitative estimate of drug-likeness (QED) is 0.823. The van der Waals surface area contributed by atoms with E-state index in [-0.39, 0.29) is 6.61 Å². The monoisotopic (exact) mass is 343 g/mol. The molecule has 110 valence electrons. The number of hydrogen-bond acceptors (Lipinski definition) is 5.